The van der Waals surface area contributed by atoms with Gasteiger partial charge in [0.25, 0.3) is 6.43 Å². The number of benzene rings is 1. The van der Waals surface area contributed by atoms with Crippen LogP contribution in [0.2, 0.25) is 0 Å². The van der Waals surface area contributed by atoms with Crippen molar-refractivity contribution in [1.82, 2.24) is 14.7 Å². The van der Waals surface area contributed by atoms with E-state index in [1.54, 1.807) is 13.8 Å². The number of hydrogen-bond donors (Lipinski definition) is 1. The Bertz CT molecular complexity index is 1110. The highest BCUT2D eigenvalue weighted by Gasteiger charge is 2.59. The van der Waals surface area contributed by atoms with E-state index in [1.807, 2.05) is 0 Å². The second-order valence-corrected chi connectivity index (χ2v) is 9.09. The zero-order valence-corrected chi connectivity index (χ0v) is 19.1. The summed E-state index contributed by atoms with van der Waals surface area (Å²) in [4.78, 5) is 39.4. The second-order valence-electron chi connectivity index (χ2n) is 8.23. The SMILES string of the molecule is CCOC(=O)C(C(=O)[C@H]1CCC2(CC2)N1C(=O)O)n1cc2c(C(F)F)cc(Br)c(C)c2n1. The molecule has 1 saturated heterocycles. The van der Waals surface area contributed by atoms with Gasteiger partial charge in [0.1, 0.15) is 0 Å². The van der Waals surface area contributed by atoms with Crippen molar-refractivity contribution < 1.29 is 33.0 Å². The molecule has 1 N–H and O–H groups in total. The number of fused-ring (bicyclic) bond motifs is 1. The summed E-state index contributed by atoms with van der Waals surface area (Å²) in [5, 5.41) is 14.1. The quantitative estimate of drug-likeness (QED) is 0.453. The largest absolute Gasteiger partial charge is 0.465 e. The number of carboxylic acid groups (broad SMARTS) is 1. The van der Waals surface area contributed by atoms with Crippen molar-refractivity contribution in [3.63, 3.8) is 0 Å². The number of ether oxygens (including phenoxy) is 1. The normalized spacial score (nSPS) is 20.2. The molecule has 1 unspecified atom stereocenters. The molecule has 2 aromatic rings. The van der Waals surface area contributed by atoms with E-state index in [0.29, 0.717) is 29.3 Å². The fraction of sp³-hybridized carbons (Fsp3) is 0.524. The Labute approximate surface area is 190 Å². The van der Waals surface area contributed by atoms with E-state index in [-0.39, 0.29) is 29.5 Å². The summed E-state index contributed by atoms with van der Waals surface area (Å²) < 4.78 is 33.8. The molecule has 2 aliphatic rings. The standard InChI is InChI=1S/C21H22BrF2N3O5/c1-3-32-19(29)16(17(28)14-4-5-21(6-7-21)27(14)20(30)31)26-9-12-11(18(23)24)8-13(22)10(2)15(12)25-26/h8-9,14,16,18H,3-7H2,1-2H3,(H,30,31)/t14-,16?/m1/s1. The van der Waals surface area contributed by atoms with Gasteiger partial charge in [-0.3, -0.25) is 9.69 Å². The molecule has 4 rings (SSSR count). The number of amides is 1. The number of aromatic nitrogens is 2. The number of nitrogens with zero attached hydrogens (tertiary/aromatic N) is 3. The number of aryl methyl sites for hydroxylation is 1. The molecule has 32 heavy (non-hydrogen) atoms. The fourth-order valence-electron chi connectivity index (χ4n) is 4.61. The van der Waals surface area contributed by atoms with Crippen LogP contribution in [-0.4, -0.2) is 55.8 Å². The van der Waals surface area contributed by atoms with Crippen LogP contribution in [0.25, 0.3) is 10.9 Å². The average molecular weight is 514 g/mol. The molecular formula is C21H22BrF2N3O5. The van der Waals surface area contributed by atoms with Crippen LogP contribution in [0.1, 0.15) is 56.2 Å². The summed E-state index contributed by atoms with van der Waals surface area (Å²) in [7, 11) is 0. The van der Waals surface area contributed by atoms with Crippen molar-refractivity contribution in [3.05, 3.63) is 27.9 Å². The molecule has 172 valence electrons. The Kier molecular flexibility index (Phi) is 5.72. The van der Waals surface area contributed by atoms with Gasteiger partial charge in [-0.05, 0) is 51.2 Å². The van der Waals surface area contributed by atoms with Gasteiger partial charge in [0.05, 0.1) is 18.2 Å². The van der Waals surface area contributed by atoms with Gasteiger partial charge < -0.3 is 9.84 Å². The van der Waals surface area contributed by atoms with E-state index in [1.165, 1.54) is 12.3 Å². The summed E-state index contributed by atoms with van der Waals surface area (Å²) in [6.45, 7) is 3.25. The van der Waals surface area contributed by atoms with Crippen LogP contribution in [0, 0.1) is 6.92 Å². The van der Waals surface area contributed by atoms with Crippen molar-refractivity contribution >= 4 is 44.7 Å². The van der Waals surface area contributed by atoms with E-state index < -0.39 is 41.9 Å². The van der Waals surface area contributed by atoms with Gasteiger partial charge in [-0.25, -0.2) is 23.1 Å². The molecule has 2 heterocycles. The van der Waals surface area contributed by atoms with E-state index in [4.69, 9.17) is 4.74 Å². The number of carbonyl (C=O) groups is 3. The predicted molar refractivity (Wildman–Crippen MR) is 113 cm³/mol. The lowest BCUT2D eigenvalue weighted by Gasteiger charge is -2.28. The summed E-state index contributed by atoms with van der Waals surface area (Å²) >= 11 is 3.25. The van der Waals surface area contributed by atoms with Crippen molar-refractivity contribution in [2.45, 2.75) is 63.6 Å². The first-order chi connectivity index (χ1) is 15.1. The molecule has 2 fully saturated rings. The van der Waals surface area contributed by atoms with E-state index in [9.17, 15) is 28.3 Å². The fourth-order valence-corrected chi connectivity index (χ4v) is 5.05. The van der Waals surface area contributed by atoms with E-state index in [2.05, 4.69) is 21.0 Å². The first-order valence-corrected chi connectivity index (χ1v) is 11.1. The second kappa shape index (κ2) is 8.09. The molecule has 0 bridgehead atoms. The van der Waals surface area contributed by atoms with Gasteiger partial charge in [0.15, 0.2) is 5.78 Å². The summed E-state index contributed by atoms with van der Waals surface area (Å²) in [5.74, 6) is -1.57. The third kappa shape index (κ3) is 3.56. The Morgan fingerprint density at radius 1 is 1.34 bits per heavy atom. The van der Waals surface area contributed by atoms with Crippen LogP contribution < -0.4 is 0 Å². The molecule has 1 aliphatic carbocycles. The number of ketones is 1. The van der Waals surface area contributed by atoms with Crippen LogP contribution in [0.3, 0.4) is 0 Å². The molecular weight excluding hydrogens is 492 g/mol. The number of halogens is 3. The van der Waals surface area contributed by atoms with E-state index >= 15 is 0 Å². The minimum absolute atomic E-state index is 0.00644. The highest BCUT2D eigenvalue weighted by atomic mass is 79.9. The Balaban J connectivity index is 1.81. The summed E-state index contributed by atoms with van der Waals surface area (Å²) in [5.41, 5.74) is -0.0475. The highest BCUT2D eigenvalue weighted by molar-refractivity contribution is 9.10. The maximum absolute atomic E-state index is 13.6. The molecule has 1 amide bonds. The lowest BCUT2D eigenvalue weighted by molar-refractivity contribution is -0.152. The van der Waals surface area contributed by atoms with Crippen LogP contribution in [-0.2, 0) is 14.3 Å². The minimum atomic E-state index is -2.80. The number of hydrogen-bond acceptors (Lipinski definition) is 5. The van der Waals surface area contributed by atoms with Crippen LogP contribution >= 0.6 is 15.9 Å². The number of rotatable bonds is 6. The first-order valence-electron chi connectivity index (χ1n) is 10.3. The summed E-state index contributed by atoms with van der Waals surface area (Å²) in [6.07, 6.45) is -0.610. The number of carbonyl (C=O) groups excluding carboxylic acids is 2. The van der Waals surface area contributed by atoms with Crippen molar-refractivity contribution in [2.75, 3.05) is 6.61 Å². The Morgan fingerprint density at radius 3 is 2.59 bits per heavy atom. The predicted octanol–water partition coefficient (Wildman–Crippen LogP) is 4.39. The lowest BCUT2D eigenvalue weighted by atomic mass is 10.0. The maximum atomic E-state index is 13.6. The minimum Gasteiger partial charge on any atom is -0.465 e. The first kappa shape index (κ1) is 22.6. The third-order valence-electron chi connectivity index (χ3n) is 6.39. The van der Waals surface area contributed by atoms with Gasteiger partial charge in [0, 0.05) is 27.2 Å². The molecule has 0 radical (unpaired) electrons. The number of likely N-dealkylation sites (tertiary alicyclic amines) is 1. The molecule has 2 atom stereocenters. The van der Waals surface area contributed by atoms with Crippen molar-refractivity contribution in [2.24, 2.45) is 0 Å². The van der Waals surface area contributed by atoms with Crippen LogP contribution in [0.5, 0.6) is 0 Å². The maximum Gasteiger partial charge on any atom is 0.408 e. The monoisotopic (exact) mass is 513 g/mol. The van der Waals surface area contributed by atoms with Crippen molar-refractivity contribution in [1.29, 1.82) is 0 Å². The van der Waals surface area contributed by atoms with Crippen LogP contribution in [0.15, 0.2) is 16.7 Å². The zero-order valence-electron chi connectivity index (χ0n) is 17.5. The highest BCUT2D eigenvalue weighted by Crippen LogP contribution is 2.52. The van der Waals surface area contributed by atoms with E-state index in [0.717, 1.165) is 9.58 Å². The lowest BCUT2D eigenvalue weighted by Crippen LogP contribution is -2.49. The van der Waals surface area contributed by atoms with Gasteiger partial charge in [-0.1, -0.05) is 15.9 Å². The van der Waals surface area contributed by atoms with Gasteiger partial charge in [-0.2, -0.15) is 5.10 Å². The molecule has 8 nitrogen and oxygen atoms in total. The summed E-state index contributed by atoms with van der Waals surface area (Å²) in [6, 6.07) is -1.32. The topological polar surface area (TPSA) is 102 Å². The smallest absolute Gasteiger partial charge is 0.408 e. The zero-order chi connectivity index (χ0) is 23.4. The number of Topliss-reactive ketones (excluding diaryl/α,β-unsaturated/α-hetero) is 1. The van der Waals surface area contributed by atoms with Gasteiger partial charge in [-0.15, -0.1) is 0 Å². The van der Waals surface area contributed by atoms with Crippen LogP contribution in [0.4, 0.5) is 13.6 Å². The Hall–Kier alpha value is -2.56. The Morgan fingerprint density at radius 2 is 2.03 bits per heavy atom. The van der Waals surface area contributed by atoms with Crippen molar-refractivity contribution in [3.8, 4) is 0 Å². The molecule has 1 spiro atoms. The average Bonchev–Trinajstić information content (AvgIpc) is 3.18. The molecule has 1 aromatic heterocycles. The molecule has 1 aliphatic heterocycles. The number of alkyl halides is 2. The molecule has 1 saturated carbocycles. The molecule has 1 aromatic carbocycles. The molecule has 11 heteroatoms. The number of esters is 1. The van der Waals surface area contributed by atoms with Gasteiger partial charge in [0.2, 0.25) is 6.04 Å². The third-order valence-corrected chi connectivity index (χ3v) is 7.21. The van der Waals surface area contributed by atoms with Gasteiger partial charge >= 0.3 is 12.1 Å².